The number of hydrogen-bond acceptors (Lipinski definition) is 6. The number of hydrogen-bond donors (Lipinski definition) is 1. The summed E-state index contributed by atoms with van der Waals surface area (Å²) >= 11 is 0. The fourth-order valence-corrected chi connectivity index (χ4v) is 4.29. The average molecular weight is 420 g/mol. The Morgan fingerprint density at radius 3 is 2.45 bits per heavy atom. The Labute approximate surface area is 170 Å². The summed E-state index contributed by atoms with van der Waals surface area (Å²) in [6, 6.07) is 11.5. The number of carbonyl (C=O) groups is 1. The van der Waals surface area contributed by atoms with Crippen LogP contribution >= 0.6 is 0 Å². The van der Waals surface area contributed by atoms with Gasteiger partial charge in [0.1, 0.15) is 0 Å². The maximum Gasteiger partial charge on any atom is 0.262 e. The Kier molecular flexibility index (Phi) is 6.73. The molecule has 3 rings (SSSR count). The summed E-state index contributed by atoms with van der Waals surface area (Å²) in [5.74, 6) is 0.659. The van der Waals surface area contributed by atoms with Crippen LogP contribution in [0, 0.1) is 6.92 Å². The predicted molar refractivity (Wildman–Crippen MR) is 108 cm³/mol. The molecule has 1 fully saturated rings. The third-order valence-electron chi connectivity index (χ3n) is 4.42. The molecular weight excluding hydrogens is 396 g/mol. The van der Waals surface area contributed by atoms with Gasteiger partial charge < -0.3 is 19.5 Å². The molecule has 2 aromatic carbocycles. The van der Waals surface area contributed by atoms with Gasteiger partial charge in [0.05, 0.1) is 25.2 Å². The summed E-state index contributed by atoms with van der Waals surface area (Å²) in [5, 5.41) is 2.69. The summed E-state index contributed by atoms with van der Waals surface area (Å²) in [4.78, 5) is 12.3. The van der Waals surface area contributed by atoms with Crippen LogP contribution in [0.3, 0.4) is 0 Å². The maximum absolute atomic E-state index is 12.6. The molecule has 0 bridgehead atoms. The molecule has 0 saturated carbocycles. The summed E-state index contributed by atoms with van der Waals surface area (Å²) < 4.78 is 42.6. The van der Waals surface area contributed by atoms with E-state index in [0.29, 0.717) is 43.5 Å². The maximum atomic E-state index is 12.6. The van der Waals surface area contributed by atoms with Gasteiger partial charge in [-0.15, -0.1) is 0 Å². The van der Waals surface area contributed by atoms with Crippen molar-refractivity contribution < 1.29 is 27.4 Å². The number of methoxy groups -OCH3 is 1. The topological polar surface area (TPSA) is 94.2 Å². The minimum atomic E-state index is -3.56. The van der Waals surface area contributed by atoms with Crippen LogP contribution in [0.5, 0.6) is 11.5 Å². The Morgan fingerprint density at radius 2 is 1.79 bits per heavy atom. The number of sulfonamides is 1. The van der Waals surface area contributed by atoms with E-state index in [9.17, 15) is 13.2 Å². The second-order valence-corrected chi connectivity index (χ2v) is 8.47. The second-order valence-electron chi connectivity index (χ2n) is 6.53. The molecule has 29 heavy (non-hydrogen) atoms. The van der Waals surface area contributed by atoms with Crippen molar-refractivity contribution in [3.8, 4) is 11.5 Å². The summed E-state index contributed by atoms with van der Waals surface area (Å²) in [7, 11) is -2.03. The van der Waals surface area contributed by atoms with Crippen molar-refractivity contribution in [2.45, 2.75) is 11.8 Å². The molecule has 0 radical (unpaired) electrons. The van der Waals surface area contributed by atoms with Crippen molar-refractivity contribution >= 4 is 21.6 Å². The highest BCUT2D eigenvalue weighted by Crippen LogP contribution is 2.27. The van der Waals surface area contributed by atoms with Gasteiger partial charge in [0, 0.05) is 18.8 Å². The van der Waals surface area contributed by atoms with Crippen molar-refractivity contribution in [2.24, 2.45) is 0 Å². The third-order valence-corrected chi connectivity index (χ3v) is 6.34. The van der Waals surface area contributed by atoms with Gasteiger partial charge in [-0.2, -0.15) is 4.31 Å². The third kappa shape index (κ3) is 5.26. The van der Waals surface area contributed by atoms with Gasteiger partial charge >= 0.3 is 0 Å². The van der Waals surface area contributed by atoms with E-state index in [1.807, 2.05) is 19.1 Å². The van der Waals surface area contributed by atoms with E-state index >= 15 is 0 Å². The Morgan fingerprint density at radius 1 is 1.10 bits per heavy atom. The van der Waals surface area contributed by atoms with E-state index < -0.39 is 10.0 Å². The van der Waals surface area contributed by atoms with Gasteiger partial charge in [-0.25, -0.2) is 8.42 Å². The first-order chi connectivity index (χ1) is 13.9. The number of ether oxygens (including phenoxy) is 3. The molecule has 0 unspecified atom stereocenters. The summed E-state index contributed by atoms with van der Waals surface area (Å²) in [6.07, 6.45) is 0. The van der Waals surface area contributed by atoms with Gasteiger partial charge in [0.25, 0.3) is 5.91 Å². The molecule has 1 heterocycles. The number of nitrogens with one attached hydrogen (secondary N) is 1. The van der Waals surface area contributed by atoms with Crippen LogP contribution in [0.15, 0.2) is 47.4 Å². The summed E-state index contributed by atoms with van der Waals surface area (Å²) in [5.41, 5.74) is 1.50. The molecule has 0 aromatic heterocycles. The lowest BCUT2D eigenvalue weighted by Gasteiger charge is -2.26. The SMILES string of the molecule is COc1cc(C)ccc1OCC(=O)Nc1ccc(S(=O)(=O)N2CCOCC2)cc1. The molecule has 0 atom stereocenters. The quantitative estimate of drug-likeness (QED) is 0.737. The molecule has 1 aliphatic heterocycles. The number of rotatable bonds is 7. The standard InChI is InChI=1S/C20H24N2O6S/c1-15-3-8-18(19(13-15)26-2)28-14-20(23)21-16-4-6-17(7-5-16)29(24,25)22-9-11-27-12-10-22/h3-8,13H,9-12,14H2,1-2H3,(H,21,23). The highest BCUT2D eigenvalue weighted by molar-refractivity contribution is 7.89. The van der Waals surface area contributed by atoms with Crippen LogP contribution in [0.2, 0.25) is 0 Å². The van der Waals surface area contributed by atoms with Crippen molar-refractivity contribution in [3.05, 3.63) is 48.0 Å². The average Bonchev–Trinajstić information content (AvgIpc) is 2.73. The molecule has 0 spiro atoms. The summed E-state index contributed by atoms with van der Waals surface area (Å²) in [6.45, 7) is 3.18. The second kappa shape index (κ2) is 9.25. The molecule has 8 nitrogen and oxygen atoms in total. The van der Waals surface area contributed by atoms with Crippen molar-refractivity contribution in [2.75, 3.05) is 45.3 Å². The largest absolute Gasteiger partial charge is 0.493 e. The first-order valence-corrected chi connectivity index (χ1v) is 10.6. The normalized spacial score (nSPS) is 15.0. The Balaban J connectivity index is 1.59. The number of benzene rings is 2. The number of amides is 1. The first-order valence-electron chi connectivity index (χ1n) is 9.15. The first kappa shape index (κ1) is 21.1. The van der Waals surface area contributed by atoms with E-state index in [-0.39, 0.29) is 17.4 Å². The molecule has 156 valence electrons. The zero-order valence-electron chi connectivity index (χ0n) is 16.4. The minimum absolute atomic E-state index is 0.179. The molecule has 1 amide bonds. The van der Waals surface area contributed by atoms with Gasteiger partial charge in [0.15, 0.2) is 18.1 Å². The molecule has 1 saturated heterocycles. The molecular formula is C20H24N2O6S. The van der Waals surface area contributed by atoms with Crippen LogP contribution in [0.1, 0.15) is 5.56 Å². The van der Waals surface area contributed by atoms with Crippen LogP contribution in [-0.4, -0.2) is 58.7 Å². The van der Waals surface area contributed by atoms with Crippen LogP contribution < -0.4 is 14.8 Å². The highest BCUT2D eigenvalue weighted by atomic mass is 32.2. The van der Waals surface area contributed by atoms with Crippen LogP contribution in [0.25, 0.3) is 0 Å². The number of nitrogens with zero attached hydrogens (tertiary/aromatic N) is 1. The predicted octanol–water partition coefficient (Wildman–Crippen LogP) is 2.04. The Hall–Kier alpha value is -2.62. The number of carbonyl (C=O) groups excluding carboxylic acids is 1. The van der Waals surface area contributed by atoms with Gasteiger partial charge in [-0.05, 0) is 48.9 Å². The van der Waals surface area contributed by atoms with Gasteiger partial charge in [-0.3, -0.25) is 4.79 Å². The van der Waals surface area contributed by atoms with Crippen molar-refractivity contribution in [1.82, 2.24) is 4.31 Å². The lowest BCUT2D eigenvalue weighted by molar-refractivity contribution is -0.118. The van der Waals surface area contributed by atoms with Crippen LogP contribution in [-0.2, 0) is 19.6 Å². The fourth-order valence-electron chi connectivity index (χ4n) is 2.88. The van der Waals surface area contributed by atoms with E-state index in [1.165, 1.54) is 23.5 Å². The lowest BCUT2D eigenvalue weighted by atomic mass is 10.2. The number of anilines is 1. The van der Waals surface area contributed by atoms with E-state index in [2.05, 4.69) is 5.32 Å². The van der Waals surface area contributed by atoms with E-state index in [0.717, 1.165) is 5.56 Å². The molecule has 0 aliphatic carbocycles. The lowest BCUT2D eigenvalue weighted by Crippen LogP contribution is -2.40. The minimum Gasteiger partial charge on any atom is -0.493 e. The molecule has 2 aromatic rings. The molecule has 9 heteroatoms. The van der Waals surface area contributed by atoms with E-state index in [1.54, 1.807) is 18.2 Å². The zero-order chi connectivity index (χ0) is 20.9. The smallest absolute Gasteiger partial charge is 0.262 e. The zero-order valence-corrected chi connectivity index (χ0v) is 17.2. The van der Waals surface area contributed by atoms with Gasteiger partial charge in [-0.1, -0.05) is 6.07 Å². The molecule has 1 N–H and O–H groups in total. The van der Waals surface area contributed by atoms with Crippen molar-refractivity contribution in [1.29, 1.82) is 0 Å². The fraction of sp³-hybridized carbons (Fsp3) is 0.350. The Bertz CT molecular complexity index is 953. The van der Waals surface area contributed by atoms with Crippen LogP contribution in [0.4, 0.5) is 5.69 Å². The van der Waals surface area contributed by atoms with E-state index in [4.69, 9.17) is 14.2 Å². The number of morpholine rings is 1. The monoisotopic (exact) mass is 420 g/mol. The molecule has 1 aliphatic rings. The van der Waals surface area contributed by atoms with Gasteiger partial charge in [0.2, 0.25) is 10.0 Å². The number of aryl methyl sites for hydroxylation is 1. The van der Waals surface area contributed by atoms with Crippen molar-refractivity contribution in [3.63, 3.8) is 0 Å². The highest BCUT2D eigenvalue weighted by Gasteiger charge is 2.26.